The normalized spacial score (nSPS) is 16.2. The lowest BCUT2D eigenvalue weighted by molar-refractivity contribution is 0.0644. The van der Waals surface area contributed by atoms with Crippen LogP contribution in [0.3, 0.4) is 0 Å². The molecule has 4 aromatic rings. The van der Waals surface area contributed by atoms with Crippen LogP contribution in [0.1, 0.15) is 76.1 Å². The van der Waals surface area contributed by atoms with E-state index in [0.717, 1.165) is 53.7 Å². The molecule has 1 unspecified atom stereocenters. The standard InChI is InChI=1S/C38H41Cl2N5O3/c1-24(27-11-13-31(37(42)46)28(21-27)12-14-32-33(39)5-4-6-34(32)40)48-35-22-29(23-43-36(35)41)25-7-9-26(10-8-25)38(47)45-19-15-30(16-20-45)44-17-2-3-18-44/h4-11,13,21-24,30H,2-3,12,14-20H2,1H3,(H2,41,43)(H2,42,46). The monoisotopic (exact) mass is 685 g/mol. The van der Waals surface area contributed by atoms with E-state index in [-0.39, 0.29) is 11.7 Å². The molecule has 0 radical (unpaired) electrons. The summed E-state index contributed by atoms with van der Waals surface area (Å²) in [6, 6.07) is 20.9. The number of anilines is 1. The number of nitrogens with zero attached hydrogens (tertiary/aromatic N) is 3. The maximum Gasteiger partial charge on any atom is 0.253 e. The molecule has 250 valence electrons. The molecule has 2 saturated heterocycles. The average Bonchev–Trinajstić information content (AvgIpc) is 3.64. The topological polar surface area (TPSA) is 115 Å². The van der Waals surface area contributed by atoms with Crippen LogP contribution < -0.4 is 16.2 Å². The molecule has 6 rings (SSSR count). The third-order valence-electron chi connectivity index (χ3n) is 9.63. The van der Waals surface area contributed by atoms with Gasteiger partial charge in [-0.25, -0.2) is 4.98 Å². The van der Waals surface area contributed by atoms with Gasteiger partial charge < -0.3 is 26.0 Å². The minimum Gasteiger partial charge on any atom is -0.482 e. The van der Waals surface area contributed by atoms with E-state index in [0.29, 0.717) is 45.8 Å². The van der Waals surface area contributed by atoms with Gasteiger partial charge in [-0.05, 0) is 117 Å². The van der Waals surface area contributed by atoms with Gasteiger partial charge in [0.1, 0.15) is 6.10 Å². The van der Waals surface area contributed by atoms with Crippen molar-refractivity contribution < 1.29 is 14.3 Å². The molecule has 0 spiro atoms. The lowest BCUT2D eigenvalue weighted by Crippen LogP contribution is -2.45. The number of carbonyl (C=O) groups excluding carboxylic acids is 2. The molecule has 0 aliphatic carbocycles. The first-order valence-corrected chi connectivity index (χ1v) is 17.3. The number of nitrogens with two attached hydrogens (primary N) is 2. The van der Waals surface area contributed by atoms with Crippen LogP contribution in [0.2, 0.25) is 10.0 Å². The number of hydrogen-bond acceptors (Lipinski definition) is 6. The van der Waals surface area contributed by atoms with Crippen molar-refractivity contribution in [3.05, 3.63) is 111 Å². The number of ether oxygens (including phenoxy) is 1. The van der Waals surface area contributed by atoms with Crippen LogP contribution in [0.5, 0.6) is 5.75 Å². The summed E-state index contributed by atoms with van der Waals surface area (Å²) < 4.78 is 6.33. The fraction of sp³-hybridized carbons (Fsp3) is 0.342. The zero-order valence-corrected chi connectivity index (χ0v) is 28.6. The summed E-state index contributed by atoms with van der Waals surface area (Å²) in [6.45, 7) is 5.89. The van der Waals surface area contributed by atoms with Crippen molar-refractivity contribution >= 4 is 40.8 Å². The van der Waals surface area contributed by atoms with Crippen molar-refractivity contribution in [3.63, 3.8) is 0 Å². The van der Waals surface area contributed by atoms with Gasteiger partial charge in [-0.3, -0.25) is 9.59 Å². The molecule has 48 heavy (non-hydrogen) atoms. The van der Waals surface area contributed by atoms with Crippen molar-refractivity contribution in [1.82, 2.24) is 14.8 Å². The molecule has 1 aromatic heterocycles. The minimum atomic E-state index is -0.508. The van der Waals surface area contributed by atoms with Gasteiger partial charge in [0, 0.05) is 52.1 Å². The Balaban J connectivity index is 1.13. The van der Waals surface area contributed by atoms with Gasteiger partial charge in [0.2, 0.25) is 5.91 Å². The van der Waals surface area contributed by atoms with Crippen LogP contribution >= 0.6 is 23.2 Å². The lowest BCUT2D eigenvalue weighted by Gasteiger charge is -2.36. The third-order valence-corrected chi connectivity index (χ3v) is 10.3. The number of nitrogen functional groups attached to an aromatic ring is 1. The van der Waals surface area contributed by atoms with E-state index in [4.69, 9.17) is 39.4 Å². The highest BCUT2D eigenvalue weighted by atomic mass is 35.5. The number of halogens is 2. The summed E-state index contributed by atoms with van der Waals surface area (Å²) in [6.07, 6.45) is 6.99. The Kier molecular flexibility index (Phi) is 10.5. The Morgan fingerprint density at radius 3 is 2.27 bits per heavy atom. The zero-order chi connectivity index (χ0) is 33.8. The fourth-order valence-electron chi connectivity index (χ4n) is 6.84. The van der Waals surface area contributed by atoms with E-state index in [1.807, 2.05) is 54.3 Å². The maximum atomic E-state index is 13.3. The predicted molar refractivity (Wildman–Crippen MR) is 192 cm³/mol. The minimum absolute atomic E-state index is 0.0754. The van der Waals surface area contributed by atoms with Crippen LogP contribution in [0.4, 0.5) is 5.82 Å². The smallest absolute Gasteiger partial charge is 0.253 e. The molecular formula is C38H41Cl2N5O3. The van der Waals surface area contributed by atoms with E-state index in [2.05, 4.69) is 9.88 Å². The Hall–Kier alpha value is -4.11. The largest absolute Gasteiger partial charge is 0.482 e. The van der Waals surface area contributed by atoms with Gasteiger partial charge in [0.15, 0.2) is 11.6 Å². The second-order valence-corrected chi connectivity index (χ2v) is 13.5. The third kappa shape index (κ3) is 7.62. The summed E-state index contributed by atoms with van der Waals surface area (Å²) in [5, 5.41) is 1.15. The summed E-state index contributed by atoms with van der Waals surface area (Å²) in [5.41, 5.74) is 17.2. The Bertz CT molecular complexity index is 1760. The SMILES string of the molecule is CC(Oc1cc(-c2ccc(C(=O)N3CCC(N4CCCC4)CC3)cc2)cnc1N)c1ccc(C(N)=O)c(CCc2c(Cl)cccc2Cl)c1. The first kappa shape index (κ1) is 33.8. The van der Waals surface area contributed by atoms with Crippen LogP contribution in [0.15, 0.2) is 72.9 Å². The number of hydrogen-bond donors (Lipinski definition) is 2. The number of carbonyl (C=O) groups is 2. The second kappa shape index (κ2) is 15.0. The van der Waals surface area contributed by atoms with Crippen molar-refractivity contribution in [2.45, 2.75) is 57.6 Å². The van der Waals surface area contributed by atoms with Gasteiger partial charge in [-0.1, -0.05) is 53.5 Å². The number of benzene rings is 3. The molecular weight excluding hydrogens is 645 g/mol. The molecule has 4 N–H and O–H groups in total. The number of amides is 2. The molecule has 2 aliphatic heterocycles. The molecule has 3 heterocycles. The van der Waals surface area contributed by atoms with Crippen molar-refractivity contribution in [2.75, 3.05) is 31.9 Å². The molecule has 0 bridgehead atoms. The highest BCUT2D eigenvalue weighted by Crippen LogP contribution is 2.33. The first-order chi connectivity index (χ1) is 23.2. The molecule has 0 saturated carbocycles. The van der Waals surface area contributed by atoms with Gasteiger partial charge in [-0.15, -0.1) is 0 Å². The van der Waals surface area contributed by atoms with E-state index in [1.165, 1.54) is 25.9 Å². The molecule has 2 aliphatic rings. The zero-order valence-electron chi connectivity index (χ0n) is 27.1. The van der Waals surface area contributed by atoms with E-state index < -0.39 is 12.0 Å². The van der Waals surface area contributed by atoms with Gasteiger partial charge >= 0.3 is 0 Å². The van der Waals surface area contributed by atoms with Crippen molar-refractivity contribution in [1.29, 1.82) is 0 Å². The van der Waals surface area contributed by atoms with E-state index in [1.54, 1.807) is 30.5 Å². The molecule has 1 atom stereocenters. The number of likely N-dealkylation sites (tertiary alicyclic amines) is 2. The number of rotatable bonds is 10. The second-order valence-electron chi connectivity index (χ2n) is 12.7. The Morgan fingerprint density at radius 2 is 1.60 bits per heavy atom. The van der Waals surface area contributed by atoms with Gasteiger partial charge in [0.25, 0.3) is 5.91 Å². The van der Waals surface area contributed by atoms with Crippen LogP contribution in [-0.4, -0.2) is 58.8 Å². The Morgan fingerprint density at radius 1 is 0.917 bits per heavy atom. The maximum absolute atomic E-state index is 13.3. The van der Waals surface area contributed by atoms with Gasteiger partial charge in [-0.2, -0.15) is 0 Å². The van der Waals surface area contributed by atoms with Gasteiger partial charge in [0.05, 0.1) is 0 Å². The number of aromatic nitrogens is 1. The average molecular weight is 687 g/mol. The summed E-state index contributed by atoms with van der Waals surface area (Å²) >= 11 is 12.8. The summed E-state index contributed by atoms with van der Waals surface area (Å²) in [7, 11) is 0. The number of primary amides is 1. The number of pyridine rings is 1. The summed E-state index contributed by atoms with van der Waals surface area (Å²) in [5.74, 6) is 0.263. The molecule has 2 amide bonds. The molecule has 3 aromatic carbocycles. The van der Waals surface area contributed by atoms with Crippen LogP contribution in [0.25, 0.3) is 11.1 Å². The van der Waals surface area contributed by atoms with Crippen LogP contribution in [-0.2, 0) is 12.8 Å². The Labute approximate surface area is 292 Å². The molecule has 10 heteroatoms. The predicted octanol–water partition coefficient (Wildman–Crippen LogP) is 7.36. The lowest BCUT2D eigenvalue weighted by atomic mass is 9.95. The molecule has 2 fully saturated rings. The fourth-order valence-corrected chi connectivity index (χ4v) is 7.43. The van der Waals surface area contributed by atoms with Crippen molar-refractivity contribution in [2.24, 2.45) is 5.73 Å². The van der Waals surface area contributed by atoms with E-state index in [9.17, 15) is 9.59 Å². The van der Waals surface area contributed by atoms with Crippen molar-refractivity contribution in [3.8, 4) is 16.9 Å². The summed E-state index contributed by atoms with van der Waals surface area (Å²) in [4.78, 5) is 34.5. The number of piperidine rings is 1. The first-order valence-electron chi connectivity index (χ1n) is 16.6. The number of aryl methyl sites for hydroxylation is 1. The van der Waals surface area contributed by atoms with E-state index >= 15 is 0 Å². The quantitative estimate of drug-likeness (QED) is 0.180. The highest BCUT2D eigenvalue weighted by molar-refractivity contribution is 6.36. The molecule has 8 nitrogen and oxygen atoms in total. The highest BCUT2D eigenvalue weighted by Gasteiger charge is 2.28. The van der Waals surface area contributed by atoms with Crippen LogP contribution in [0, 0.1) is 0 Å².